The lowest BCUT2D eigenvalue weighted by Crippen LogP contribution is -2.38. The predicted molar refractivity (Wildman–Crippen MR) is 128 cm³/mol. The summed E-state index contributed by atoms with van der Waals surface area (Å²) in [6.07, 6.45) is -2.71. The fourth-order valence-corrected chi connectivity index (χ4v) is 3.44. The molecule has 0 aromatic heterocycles. The third kappa shape index (κ3) is 6.69. The van der Waals surface area contributed by atoms with Crippen molar-refractivity contribution in [1.29, 1.82) is 0 Å². The lowest BCUT2D eigenvalue weighted by atomic mass is 10.1. The molecule has 0 atom stereocenters. The molecule has 3 aromatic carbocycles. The second-order valence-corrected chi connectivity index (χ2v) is 8.87. The number of benzene rings is 3. The second-order valence-electron chi connectivity index (χ2n) is 8.46. The number of carbonyl (C=O) groups excluding carboxylic acids is 1. The van der Waals surface area contributed by atoms with Gasteiger partial charge in [-0.25, -0.2) is 18.0 Å². The van der Waals surface area contributed by atoms with Crippen molar-refractivity contribution in [3.63, 3.8) is 0 Å². The Bertz CT molecular complexity index is 1300. The zero-order chi connectivity index (χ0) is 26.6. The molecule has 0 aliphatic heterocycles. The maximum absolute atomic E-state index is 14.2. The van der Waals surface area contributed by atoms with Gasteiger partial charge in [0.05, 0.1) is 10.6 Å². The summed E-state index contributed by atoms with van der Waals surface area (Å²) in [5.41, 5.74) is -0.717. The van der Waals surface area contributed by atoms with Crippen molar-refractivity contribution in [2.24, 2.45) is 0 Å². The molecule has 0 heterocycles. The molecule has 0 saturated heterocycles. The number of rotatable bonds is 9. The molecule has 0 spiro atoms. The molecule has 6 nitrogen and oxygen atoms in total. The third-order valence-electron chi connectivity index (χ3n) is 5.14. The van der Waals surface area contributed by atoms with Gasteiger partial charge in [0.1, 0.15) is 23.1 Å². The molecule has 3 aromatic rings. The molecule has 1 amide bonds. The van der Waals surface area contributed by atoms with Crippen molar-refractivity contribution in [1.82, 2.24) is 5.32 Å². The Morgan fingerprint density at radius 2 is 1.78 bits per heavy atom. The van der Waals surface area contributed by atoms with Gasteiger partial charge in [0.15, 0.2) is 5.60 Å². The van der Waals surface area contributed by atoms with Crippen molar-refractivity contribution < 1.29 is 37.3 Å². The Morgan fingerprint density at radius 3 is 2.39 bits per heavy atom. The minimum atomic E-state index is -2.71. The second kappa shape index (κ2) is 10.9. The van der Waals surface area contributed by atoms with Crippen molar-refractivity contribution in [2.45, 2.75) is 39.3 Å². The van der Waals surface area contributed by atoms with E-state index >= 15 is 0 Å². The average Bonchev–Trinajstić information content (AvgIpc) is 2.78. The molecule has 0 unspecified atom stereocenters. The Morgan fingerprint density at radius 1 is 1.06 bits per heavy atom. The van der Waals surface area contributed by atoms with Crippen LogP contribution in [0.5, 0.6) is 17.2 Å². The molecule has 0 radical (unpaired) electrons. The first-order valence-corrected chi connectivity index (χ1v) is 11.1. The van der Waals surface area contributed by atoms with E-state index < -0.39 is 29.7 Å². The zero-order valence-electron chi connectivity index (χ0n) is 19.6. The summed E-state index contributed by atoms with van der Waals surface area (Å²) in [6.45, 7) is 4.50. The summed E-state index contributed by atoms with van der Waals surface area (Å²) in [7, 11) is 0. The number of aryl methyl sites for hydroxylation is 1. The Hall–Kier alpha value is -3.72. The van der Waals surface area contributed by atoms with Gasteiger partial charge in [0.2, 0.25) is 0 Å². The number of carboxylic acid groups (broad SMARTS) is 1. The molecular weight excluding hydrogens is 499 g/mol. The number of amides is 1. The molecule has 0 bridgehead atoms. The molecule has 0 aliphatic rings. The fraction of sp³-hybridized carbons (Fsp3) is 0.231. The van der Waals surface area contributed by atoms with Gasteiger partial charge in [0, 0.05) is 18.2 Å². The summed E-state index contributed by atoms with van der Waals surface area (Å²) in [4.78, 5) is 23.7. The van der Waals surface area contributed by atoms with Crippen LogP contribution < -0.4 is 14.8 Å². The van der Waals surface area contributed by atoms with Gasteiger partial charge < -0.3 is 19.9 Å². The van der Waals surface area contributed by atoms with Gasteiger partial charge in [-0.1, -0.05) is 17.7 Å². The summed E-state index contributed by atoms with van der Waals surface area (Å²) in [5.74, 6) is -1.44. The van der Waals surface area contributed by atoms with Gasteiger partial charge in [-0.15, -0.1) is 0 Å². The van der Waals surface area contributed by atoms with Crippen LogP contribution in [0.4, 0.5) is 13.2 Å². The van der Waals surface area contributed by atoms with Crippen molar-refractivity contribution in [3.05, 3.63) is 87.7 Å². The van der Waals surface area contributed by atoms with Crippen LogP contribution in [0.2, 0.25) is 5.02 Å². The highest BCUT2D eigenvalue weighted by Crippen LogP contribution is 2.30. The Labute approximate surface area is 210 Å². The molecule has 0 fully saturated rings. The van der Waals surface area contributed by atoms with Gasteiger partial charge in [-0.3, -0.25) is 4.79 Å². The average molecular weight is 522 g/mol. The maximum Gasteiger partial charge on any atom is 0.347 e. The molecular formula is C26H23ClF3NO5. The first-order valence-electron chi connectivity index (χ1n) is 10.7. The first kappa shape index (κ1) is 26.9. The van der Waals surface area contributed by atoms with E-state index in [-0.39, 0.29) is 28.4 Å². The molecule has 0 saturated carbocycles. The van der Waals surface area contributed by atoms with Gasteiger partial charge >= 0.3 is 5.97 Å². The minimum absolute atomic E-state index is 0.0119. The highest BCUT2D eigenvalue weighted by molar-refractivity contribution is 6.33. The van der Waals surface area contributed by atoms with Gasteiger partial charge in [-0.05, 0) is 74.4 Å². The van der Waals surface area contributed by atoms with Crippen molar-refractivity contribution in [2.75, 3.05) is 0 Å². The van der Waals surface area contributed by atoms with Gasteiger partial charge in [-0.2, -0.15) is 0 Å². The summed E-state index contributed by atoms with van der Waals surface area (Å²) < 4.78 is 51.1. The lowest BCUT2D eigenvalue weighted by Gasteiger charge is -2.23. The zero-order valence-corrected chi connectivity index (χ0v) is 20.3. The van der Waals surface area contributed by atoms with Crippen LogP contribution in [0, 0.1) is 12.7 Å². The Kier molecular flexibility index (Phi) is 8.14. The number of ether oxygens (including phenoxy) is 2. The minimum Gasteiger partial charge on any atom is -0.478 e. The van der Waals surface area contributed by atoms with Crippen LogP contribution in [0.1, 0.15) is 47.3 Å². The maximum atomic E-state index is 14.2. The molecule has 36 heavy (non-hydrogen) atoms. The number of aliphatic carboxylic acids is 1. The number of alkyl halides is 2. The highest BCUT2D eigenvalue weighted by atomic mass is 35.5. The van der Waals surface area contributed by atoms with E-state index in [1.807, 2.05) is 0 Å². The molecule has 2 N–H and O–H groups in total. The van der Waals surface area contributed by atoms with Crippen LogP contribution >= 0.6 is 11.6 Å². The van der Waals surface area contributed by atoms with Crippen LogP contribution in [0.25, 0.3) is 0 Å². The smallest absolute Gasteiger partial charge is 0.347 e. The number of halogens is 4. The quantitative estimate of drug-likeness (QED) is 0.328. The summed E-state index contributed by atoms with van der Waals surface area (Å²) in [5, 5.41) is 11.7. The third-order valence-corrected chi connectivity index (χ3v) is 5.45. The van der Waals surface area contributed by atoms with Crippen LogP contribution in [0.3, 0.4) is 0 Å². The molecule has 10 heteroatoms. The van der Waals surface area contributed by atoms with E-state index in [9.17, 15) is 27.9 Å². The summed E-state index contributed by atoms with van der Waals surface area (Å²) in [6, 6.07) is 12.0. The van der Waals surface area contributed by atoms with Crippen molar-refractivity contribution in [3.8, 4) is 17.2 Å². The van der Waals surface area contributed by atoms with Crippen LogP contribution in [-0.2, 0) is 11.3 Å². The Balaban J connectivity index is 1.70. The SMILES string of the molecule is Cc1cc(Oc2cc(F)cc(CNC(=O)c3ccc(C(F)F)cc3Cl)c2)ccc1OC(C)(C)C(=O)O. The van der Waals surface area contributed by atoms with E-state index in [0.29, 0.717) is 22.6 Å². The van der Waals surface area contributed by atoms with Gasteiger partial charge in [0.25, 0.3) is 12.3 Å². The monoisotopic (exact) mass is 521 g/mol. The predicted octanol–water partition coefficient (Wildman–Crippen LogP) is 6.69. The van der Waals surface area contributed by atoms with Crippen LogP contribution in [0.15, 0.2) is 54.6 Å². The highest BCUT2D eigenvalue weighted by Gasteiger charge is 2.30. The molecule has 0 aliphatic carbocycles. The fourth-order valence-electron chi connectivity index (χ4n) is 3.17. The standard InChI is InChI=1S/C26H23ClF3NO5/c1-14-8-18(5-7-22(14)36-26(2,3)25(33)34)35-19-10-15(9-17(28)12-19)13-31-24(32)20-6-4-16(23(29)30)11-21(20)27/h4-12,23H,13H2,1-3H3,(H,31,32)(H,33,34). The summed E-state index contributed by atoms with van der Waals surface area (Å²) >= 11 is 5.95. The first-order chi connectivity index (χ1) is 16.9. The number of nitrogens with one attached hydrogen (secondary N) is 1. The van der Waals surface area contributed by atoms with E-state index in [2.05, 4.69) is 5.32 Å². The van der Waals surface area contributed by atoms with E-state index in [1.54, 1.807) is 25.1 Å². The molecule has 190 valence electrons. The largest absolute Gasteiger partial charge is 0.478 e. The van der Waals surface area contributed by atoms with E-state index in [1.165, 1.54) is 38.1 Å². The normalized spacial score (nSPS) is 11.3. The molecule has 3 rings (SSSR count). The topological polar surface area (TPSA) is 84.9 Å². The van der Waals surface area contributed by atoms with E-state index in [0.717, 1.165) is 12.1 Å². The van der Waals surface area contributed by atoms with E-state index in [4.69, 9.17) is 21.1 Å². The number of carboxylic acids is 1. The lowest BCUT2D eigenvalue weighted by molar-refractivity contribution is -0.152. The number of hydrogen-bond acceptors (Lipinski definition) is 4. The van der Waals surface area contributed by atoms with Crippen LogP contribution in [-0.4, -0.2) is 22.6 Å². The number of hydrogen-bond donors (Lipinski definition) is 2. The van der Waals surface area contributed by atoms with Crippen molar-refractivity contribution >= 4 is 23.5 Å². The number of carbonyl (C=O) groups is 2.